The summed E-state index contributed by atoms with van der Waals surface area (Å²) in [5, 5.41) is 7.75. The highest BCUT2D eigenvalue weighted by Gasteiger charge is 2.01. The summed E-state index contributed by atoms with van der Waals surface area (Å²) in [6.07, 6.45) is 8.83. The van der Waals surface area contributed by atoms with Crippen molar-refractivity contribution >= 4 is 0 Å². The molecule has 0 aliphatic rings. The molecule has 0 aromatic carbocycles. The van der Waals surface area contributed by atoms with E-state index < -0.39 is 0 Å². The third kappa shape index (κ3) is 3.42. The van der Waals surface area contributed by atoms with Crippen molar-refractivity contribution < 1.29 is 0 Å². The Kier molecular flexibility index (Phi) is 3.93. The Morgan fingerprint density at radius 3 is 2.94 bits per heavy atom. The van der Waals surface area contributed by atoms with E-state index in [9.17, 15) is 0 Å². The SMILES string of the molecule is Cc1nn(C)cc1CNCCCn1ccnc1. The number of nitrogens with zero attached hydrogens (tertiary/aromatic N) is 4. The average Bonchev–Trinajstić information content (AvgIpc) is 2.89. The van der Waals surface area contributed by atoms with Gasteiger partial charge in [0.15, 0.2) is 0 Å². The number of rotatable bonds is 6. The zero-order valence-corrected chi connectivity index (χ0v) is 10.4. The normalized spacial score (nSPS) is 10.9. The van der Waals surface area contributed by atoms with Crippen LogP contribution in [-0.4, -0.2) is 25.9 Å². The van der Waals surface area contributed by atoms with E-state index in [1.54, 1.807) is 0 Å². The van der Waals surface area contributed by atoms with Crippen molar-refractivity contribution in [3.63, 3.8) is 0 Å². The van der Waals surface area contributed by atoms with Crippen LogP contribution in [0.1, 0.15) is 17.7 Å². The van der Waals surface area contributed by atoms with E-state index in [0.717, 1.165) is 31.7 Å². The van der Waals surface area contributed by atoms with Gasteiger partial charge in [-0.1, -0.05) is 0 Å². The molecule has 0 saturated heterocycles. The van der Waals surface area contributed by atoms with Crippen LogP contribution in [0.15, 0.2) is 24.9 Å². The predicted octanol–water partition coefficient (Wildman–Crippen LogP) is 1.10. The van der Waals surface area contributed by atoms with Gasteiger partial charge in [0.2, 0.25) is 0 Å². The lowest BCUT2D eigenvalue weighted by molar-refractivity contribution is 0.580. The molecule has 1 N–H and O–H groups in total. The molecular weight excluding hydrogens is 214 g/mol. The lowest BCUT2D eigenvalue weighted by Gasteiger charge is -2.04. The predicted molar refractivity (Wildman–Crippen MR) is 66.5 cm³/mol. The van der Waals surface area contributed by atoms with Gasteiger partial charge in [0.05, 0.1) is 12.0 Å². The number of aromatic nitrogens is 4. The first kappa shape index (κ1) is 11.9. The van der Waals surface area contributed by atoms with E-state index in [4.69, 9.17) is 0 Å². The molecule has 2 aromatic rings. The largest absolute Gasteiger partial charge is 0.337 e. The van der Waals surface area contributed by atoms with Gasteiger partial charge in [0, 0.05) is 44.3 Å². The zero-order valence-electron chi connectivity index (χ0n) is 10.4. The van der Waals surface area contributed by atoms with Crippen LogP contribution in [0.2, 0.25) is 0 Å². The third-order valence-corrected chi connectivity index (χ3v) is 2.76. The maximum atomic E-state index is 4.31. The Morgan fingerprint density at radius 2 is 2.29 bits per heavy atom. The summed E-state index contributed by atoms with van der Waals surface area (Å²) in [5.41, 5.74) is 2.38. The molecular formula is C12H19N5. The summed E-state index contributed by atoms with van der Waals surface area (Å²) in [5.74, 6) is 0. The van der Waals surface area contributed by atoms with Gasteiger partial charge in [-0.3, -0.25) is 4.68 Å². The molecule has 0 atom stereocenters. The summed E-state index contributed by atoms with van der Waals surface area (Å²) >= 11 is 0. The molecule has 5 nitrogen and oxygen atoms in total. The van der Waals surface area contributed by atoms with Crippen molar-refractivity contribution in [1.82, 2.24) is 24.6 Å². The van der Waals surface area contributed by atoms with Gasteiger partial charge in [-0.05, 0) is 19.9 Å². The van der Waals surface area contributed by atoms with E-state index in [1.165, 1.54) is 5.56 Å². The highest BCUT2D eigenvalue weighted by Crippen LogP contribution is 2.03. The molecule has 2 aromatic heterocycles. The Hall–Kier alpha value is -1.62. The fourth-order valence-electron chi connectivity index (χ4n) is 1.85. The van der Waals surface area contributed by atoms with Gasteiger partial charge in [-0.15, -0.1) is 0 Å². The van der Waals surface area contributed by atoms with E-state index in [2.05, 4.69) is 26.2 Å². The molecule has 0 aliphatic heterocycles. The second kappa shape index (κ2) is 5.63. The van der Waals surface area contributed by atoms with E-state index in [-0.39, 0.29) is 0 Å². The third-order valence-electron chi connectivity index (χ3n) is 2.76. The average molecular weight is 233 g/mol. The number of imidazole rings is 1. The molecule has 92 valence electrons. The van der Waals surface area contributed by atoms with Gasteiger partial charge in [0.1, 0.15) is 0 Å². The molecule has 0 aliphatic carbocycles. The molecule has 2 rings (SSSR count). The van der Waals surface area contributed by atoms with Crippen LogP contribution >= 0.6 is 0 Å². The molecule has 0 unspecified atom stereocenters. The van der Waals surface area contributed by atoms with Crippen molar-refractivity contribution in [3.8, 4) is 0 Å². The van der Waals surface area contributed by atoms with Gasteiger partial charge < -0.3 is 9.88 Å². The highest BCUT2D eigenvalue weighted by atomic mass is 15.2. The summed E-state index contributed by atoms with van der Waals surface area (Å²) < 4.78 is 3.95. The minimum atomic E-state index is 0.892. The molecule has 5 heteroatoms. The number of nitrogens with one attached hydrogen (secondary N) is 1. The first-order valence-corrected chi connectivity index (χ1v) is 5.91. The van der Waals surface area contributed by atoms with Crippen LogP contribution in [0.25, 0.3) is 0 Å². The second-order valence-electron chi connectivity index (χ2n) is 4.24. The van der Waals surface area contributed by atoms with E-state index >= 15 is 0 Å². The first-order valence-electron chi connectivity index (χ1n) is 5.91. The molecule has 0 amide bonds. The minimum Gasteiger partial charge on any atom is -0.337 e. The van der Waals surface area contributed by atoms with Gasteiger partial charge in [-0.25, -0.2) is 4.98 Å². The maximum absolute atomic E-state index is 4.31. The Bertz CT molecular complexity index is 443. The van der Waals surface area contributed by atoms with Crippen LogP contribution in [0.5, 0.6) is 0 Å². The lowest BCUT2D eigenvalue weighted by atomic mass is 10.2. The topological polar surface area (TPSA) is 47.7 Å². The van der Waals surface area contributed by atoms with Crippen LogP contribution < -0.4 is 5.32 Å². The standard InChI is InChI=1S/C12H19N5/c1-11-12(9-16(2)15-11)8-13-4-3-6-17-7-5-14-10-17/h5,7,9-10,13H,3-4,6,8H2,1-2H3. The molecule has 0 saturated carbocycles. The molecule has 2 heterocycles. The van der Waals surface area contributed by atoms with Crippen molar-refractivity contribution in [2.45, 2.75) is 26.4 Å². The summed E-state index contributed by atoms with van der Waals surface area (Å²) in [7, 11) is 1.95. The van der Waals surface area contributed by atoms with Crippen molar-refractivity contribution in [2.75, 3.05) is 6.54 Å². The molecule has 0 bridgehead atoms. The van der Waals surface area contributed by atoms with Crippen LogP contribution in [0.4, 0.5) is 0 Å². The first-order chi connectivity index (χ1) is 8.25. The summed E-state index contributed by atoms with van der Waals surface area (Å²) in [4.78, 5) is 4.01. The fourth-order valence-corrected chi connectivity index (χ4v) is 1.85. The lowest BCUT2D eigenvalue weighted by Crippen LogP contribution is -2.16. The van der Waals surface area contributed by atoms with Gasteiger partial charge in [-0.2, -0.15) is 5.10 Å². The molecule has 0 radical (unpaired) electrons. The maximum Gasteiger partial charge on any atom is 0.0945 e. The van der Waals surface area contributed by atoms with Crippen LogP contribution in [0, 0.1) is 6.92 Å². The number of aryl methyl sites for hydroxylation is 3. The molecule has 0 fully saturated rings. The Morgan fingerprint density at radius 1 is 1.41 bits per heavy atom. The summed E-state index contributed by atoms with van der Waals surface area (Å²) in [6.45, 7) is 4.96. The molecule has 0 spiro atoms. The smallest absolute Gasteiger partial charge is 0.0945 e. The minimum absolute atomic E-state index is 0.892. The monoisotopic (exact) mass is 233 g/mol. The molecule has 17 heavy (non-hydrogen) atoms. The van der Waals surface area contributed by atoms with Crippen LogP contribution in [-0.2, 0) is 20.1 Å². The van der Waals surface area contributed by atoms with E-state index in [1.807, 2.05) is 37.4 Å². The van der Waals surface area contributed by atoms with Crippen LogP contribution in [0.3, 0.4) is 0 Å². The van der Waals surface area contributed by atoms with Crippen molar-refractivity contribution in [3.05, 3.63) is 36.2 Å². The van der Waals surface area contributed by atoms with Gasteiger partial charge in [0.25, 0.3) is 0 Å². The zero-order chi connectivity index (χ0) is 12.1. The number of hydrogen-bond donors (Lipinski definition) is 1. The summed E-state index contributed by atoms with van der Waals surface area (Å²) in [6, 6.07) is 0. The highest BCUT2D eigenvalue weighted by molar-refractivity contribution is 5.14. The Labute approximate surface area is 101 Å². The van der Waals surface area contributed by atoms with Crippen molar-refractivity contribution in [1.29, 1.82) is 0 Å². The van der Waals surface area contributed by atoms with Crippen molar-refractivity contribution in [2.24, 2.45) is 7.05 Å². The Balaban J connectivity index is 1.65. The van der Waals surface area contributed by atoms with Gasteiger partial charge >= 0.3 is 0 Å². The number of hydrogen-bond acceptors (Lipinski definition) is 3. The quantitative estimate of drug-likeness (QED) is 0.760. The van der Waals surface area contributed by atoms with E-state index in [0.29, 0.717) is 0 Å². The fraction of sp³-hybridized carbons (Fsp3) is 0.500. The second-order valence-corrected chi connectivity index (χ2v) is 4.24.